The van der Waals surface area contributed by atoms with Crippen molar-refractivity contribution in [2.45, 2.75) is 50.3 Å². The molecule has 0 aromatic rings. The van der Waals surface area contributed by atoms with Crippen LogP contribution in [0.25, 0.3) is 0 Å². The van der Waals surface area contributed by atoms with E-state index in [1.807, 2.05) is 13.8 Å². The molecule has 0 saturated heterocycles. The van der Waals surface area contributed by atoms with Gasteiger partial charge in [-0.25, -0.2) is 0 Å². The molecule has 0 bridgehead atoms. The van der Waals surface area contributed by atoms with Crippen molar-refractivity contribution in [1.82, 2.24) is 0 Å². The molecule has 7 heteroatoms. The van der Waals surface area contributed by atoms with Gasteiger partial charge in [0.2, 0.25) is 0 Å². The fourth-order valence-corrected chi connectivity index (χ4v) is 1.53. The van der Waals surface area contributed by atoms with E-state index in [0.29, 0.717) is 25.7 Å². The average Bonchev–Trinajstić information content (AvgIpc) is 2.41. The van der Waals surface area contributed by atoms with E-state index in [-0.39, 0.29) is 49.1 Å². The first-order valence-electron chi connectivity index (χ1n) is 7.09. The van der Waals surface area contributed by atoms with E-state index < -0.39 is 0 Å². The first-order valence-corrected chi connectivity index (χ1v) is 7.96. The minimum absolute atomic E-state index is 0.0368. The van der Waals surface area contributed by atoms with Crippen molar-refractivity contribution < 1.29 is 23.8 Å². The monoisotopic (exact) mass is 342 g/mol. The molecule has 0 radical (unpaired) electrons. The Morgan fingerprint density at radius 3 is 1.52 bits per heavy atom. The summed E-state index contributed by atoms with van der Waals surface area (Å²) in [7, 11) is 0. The highest BCUT2D eigenvalue weighted by Crippen LogP contribution is 2.05. The summed E-state index contributed by atoms with van der Waals surface area (Å²) < 4.78 is 15.1. The topological polar surface area (TPSA) is 61.8 Å². The Bertz CT molecular complexity index is 267. The zero-order valence-corrected chi connectivity index (χ0v) is 14.1. The summed E-state index contributed by atoms with van der Waals surface area (Å²) in [5.74, 6) is -0.569. The minimum Gasteiger partial charge on any atom is -0.463 e. The third kappa shape index (κ3) is 15.7. The van der Waals surface area contributed by atoms with Crippen LogP contribution in [0.2, 0.25) is 0 Å². The summed E-state index contributed by atoms with van der Waals surface area (Å²) >= 11 is 11.4. The SMILES string of the molecule is CC(Cl)CCC(=O)OCCOCCOC(=O)CCC(C)Cl. The molecule has 0 aromatic carbocycles. The molecule has 0 rings (SSSR count). The zero-order valence-electron chi connectivity index (χ0n) is 12.6. The number of halogens is 2. The van der Waals surface area contributed by atoms with Gasteiger partial charge in [-0.05, 0) is 26.7 Å². The summed E-state index contributed by atoms with van der Waals surface area (Å²) in [4.78, 5) is 22.5. The summed E-state index contributed by atoms with van der Waals surface area (Å²) in [6.45, 7) is 4.58. The van der Waals surface area contributed by atoms with Crippen LogP contribution in [-0.2, 0) is 23.8 Å². The van der Waals surface area contributed by atoms with E-state index >= 15 is 0 Å². The van der Waals surface area contributed by atoms with Crippen molar-refractivity contribution in [2.75, 3.05) is 26.4 Å². The van der Waals surface area contributed by atoms with Crippen molar-refractivity contribution in [3.8, 4) is 0 Å². The fraction of sp³-hybridized carbons (Fsp3) is 0.857. The van der Waals surface area contributed by atoms with Gasteiger partial charge in [-0.1, -0.05) is 0 Å². The molecule has 5 nitrogen and oxygen atoms in total. The molecular formula is C14H24Cl2O5. The number of esters is 2. The van der Waals surface area contributed by atoms with Crippen molar-refractivity contribution in [3.05, 3.63) is 0 Å². The number of alkyl halides is 2. The van der Waals surface area contributed by atoms with E-state index in [1.54, 1.807) is 0 Å². The average molecular weight is 343 g/mol. The molecule has 0 aliphatic carbocycles. The molecule has 0 aromatic heterocycles. The van der Waals surface area contributed by atoms with E-state index in [0.717, 1.165) is 0 Å². The quantitative estimate of drug-likeness (QED) is 0.310. The molecule has 2 atom stereocenters. The second kappa shape index (κ2) is 13.2. The van der Waals surface area contributed by atoms with Crippen molar-refractivity contribution in [2.24, 2.45) is 0 Å². The summed E-state index contributed by atoms with van der Waals surface area (Å²) in [5.41, 5.74) is 0. The van der Waals surface area contributed by atoms with Crippen LogP contribution in [0.3, 0.4) is 0 Å². The third-order valence-corrected chi connectivity index (χ3v) is 2.91. The largest absolute Gasteiger partial charge is 0.463 e. The van der Waals surface area contributed by atoms with Crippen LogP contribution in [0, 0.1) is 0 Å². The molecule has 0 aliphatic heterocycles. The maximum atomic E-state index is 11.2. The predicted octanol–water partition coefficient (Wildman–Crippen LogP) is 2.90. The number of hydrogen-bond acceptors (Lipinski definition) is 5. The zero-order chi connectivity index (χ0) is 16.1. The van der Waals surface area contributed by atoms with Gasteiger partial charge in [-0.3, -0.25) is 9.59 Å². The van der Waals surface area contributed by atoms with E-state index in [9.17, 15) is 9.59 Å². The number of hydrogen-bond donors (Lipinski definition) is 0. The molecule has 0 heterocycles. The second-order valence-corrected chi connectivity index (χ2v) is 6.18. The number of ether oxygens (including phenoxy) is 3. The molecular weight excluding hydrogens is 319 g/mol. The lowest BCUT2D eigenvalue weighted by atomic mass is 10.2. The predicted molar refractivity (Wildman–Crippen MR) is 81.8 cm³/mol. The summed E-state index contributed by atoms with van der Waals surface area (Å²) in [6.07, 6.45) is 1.80. The standard InChI is InChI=1S/C14H24Cl2O5/c1-11(15)3-5-13(17)20-9-7-19-8-10-21-14(18)6-4-12(2)16/h11-12H,3-10H2,1-2H3. The molecule has 0 aliphatic rings. The lowest BCUT2D eigenvalue weighted by Crippen LogP contribution is -2.15. The van der Waals surface area contributed by atoms with Gasteiger partial charge in [0.15, 0.2) is 0 Å². The van der Waals surface area contributed by atoms with Gasteiger partial charge in [-0.2, -0.15) is 0 Å². The third-order valence-electron chi connectivity index (χ3n) is 2.47. The molecule has 0 amide bonds. The molecule has 0 saturated carbocycles. The van der Waals surface area contributed by atoms with Crippen LogP contribution < -0.4 is 0 Å². The highest BCUT2D eigenvalue weighted by molar-refractivity contribution is 6.20. The highest BCUT2D eigenvalue weighted by atomic mass is 35.5. The van der Waals surface area contributed by atoms with Gasteiger partial charge in [0.25, 0.3) is 0 Å². The molecule has 0 fully saturated rings. The van der Waals surface area contributed by atoms with Gasteiger partial charge in [0, 0.05) is 23.6 Å². The summed E-state index contributed by atoms with van der Waals surface area (Å²) in [5, 5.41) is -0.0736. The van der Waals surface area contributed by atoms with Crippen LogP contribution in [0.15, 0.2) is 0 Å². The van der Waals surface area contributed by atoms with Crippen molar-refractivity contribution in [1.29, 1.82) is 0 Å². The lowest BCUT2D eigenvalue weighted by Gasteiger charge is -2.08. The number of carbonyl (C=O) groups excluding carboxylic acids is 2. The molecule has 0 spiro atoms. The Labute approximate surface area is 136 Å². The molecule has 0 N–H and O–H groups in total. The smallest absolute Gasteiger partial charge is 0.305 e. The van der Waals surface area contributed by atoms with Gasteiger partial charge >= 0.3 is 11.9 Å². The van der Waals surface area contributed by atoms with Gasteiger partial charge in [-0.15, -0.1) is 23.2 Å². The Balaban J connectivity index is 3.32. The van der Waals surface area contributed by atoms with Crippen LogP contribution in [0.5, 0.6) is 0 Å². The van der Waals surface area contributed by atoms with Crippen molar-refractivity contribution in [3.63, 3.8) is 0 Å². The van der Waals surface area contributed by atoms with Crippen molar-refractivity contribution >= 4 is 35.1 Å². The Hall–Kier alpha value is -0.520. The Morgan fingerprint density at radius 1 is 0.810 bits per heavy atom. The Morgan fingerprint density at radius 2 is 1.19 bits per heavy atom. The first kappa shape index (κ1) is 20.5. The van der Waals surface area contributed by atoms with Crippen LogP contribution in [-0.4, -0.2) is 49.1 Å². The van der Waals surface area contributed by atoms with Crippen LogP contribution in [0.4, 0.5) is 0 Å². The first-order chi connectivity index (χ1) is 9.91. The van der Waals surface area contributed by atoms with E-state index in [1.165, 1.54) is 0 Å². The summed E-state index contributed by atoms with van der Waals surface area (Å²) in [6, 6.07) is 0. The van der Waals surface area contributed by atoms with Gasteiger partial charge < -0.3 is 14.2 Å². The van der Waals surface area contributed by atoms with Crippen LogP contribution in [0.1, 0.15) is 39.5 Å². The highest BCUT2D eigenvalue weighted by Gasteiger charge is 2.06. The maximum Gasteiger partial charge on any atom is 0.305 e. The lowest BCUT2D eigenvalue weighted by molar-refractivity contribution is -0.146. The number of carbonyl (C=O) groups is 2. The second-order valence-electron chi connectivity index (χ2n) is 4.69. The molecule has 21 heavy (non-hydrogen) atoms. The van der Waals surface area contributed by atoms with E-state index in [4.69, 9.17) is 37.4 Å². The Kier molecular flexibility index (Phi) is 12.8. The molecule has 2 unspecified atom stereocenters. The van der Waals surface area contributed by atoms with Crippen LogP contribution >= 0.6 is 23.2 Å². The van der Waals surface area contributed by atoms with Gasteiger partial charge in [0.1, 0.15) is 13.2 Å². The number of rotatable bonds is 12. The minimum atomic E-state index is -0.285. The maximum absolute atomic E-state index is 11.2. The molecule has 124 valence electrons. The van der Waals surface area contributed by atoms with Gasteiger partial charge in [0.05, 0.1) is 13.2 Å². The normalized spacial score (nSPS) is 13.5. The fourth-order valence-electron chi connectivity index (χ4n) is 1.31. The van der Waals surface area contributed by atoms with E-state index in [2.05, 4.69) is 0 Å².